The first kappa shape index (κ1) is 29.5. The Kier molecular flexibility index (Phi) is 8.16. The summed E-state index contributed by atoms with van der Waals surface area (Å²) in [7, 11) is 1.11. The maximum Gasteiger partial charge on any atom is 0.269 e. The minimum Gasteiger partial charge on any atom is -0.493 e. The van der Waals surface area contributed by atoms with E-state index in [1.54, 1.807) is 32.5 Å². The fourth-order valence-corrected chi connectivity index (χ4v) is 7.20. The summed E-state index contributed by atoms with van der Waals surface area (Å²) in [5, 5.41) is 5.17. The lowest BCUT2D eigenvalue weighted by Crippen LogP contribution is -2.16. The number of ether oxygens (including phenoxy) is 2. The molecule has 0 atom stereocenters. The molecule has 0 aliphatic rings. The lowest BCUT2D eigenvalue weighted by molar-refractivity contribution is 0.355. The van der Waals surface area contributed by atoms with Gasteiger partial charge in [0.1, 0.15) is 0 Å². The molecule has 3 aromatic heterocycles. The monoisotopic (exact) mass is 608 g/mol. The quantitative estimate of drug-likeness (QED) is 0.170. The van der Waals surface area contributed by atoms with E-state index in [0.29, 0.717) is 29.4 Å². The average Bonchev–Trinajstić information content (AvgIpc) is 3.59. The fraction of sp³-hybridized carbons (Fsp3) is 0.229. The zero-order valence-corrected chi connectivity index (χ0v) is 26.2. The molecule has 8 nitrogen and oxygen atoms in total. The van der Waals surface area contributed by atoms with Crippen molar-refractivity contribution in [2.24, 2.45) is 7.05 Å². The maximum absolute atomic E-state index is 14.4. The standard InChI is InChI=1S/C35H36N4O4S/c1-24-12-14-27(15-13-24)44(40,41)39-32(30-23-38(2)31-21-34(43-4)33(42-3)20-29(30)31)19-28-26(16-18-37-35(28)39)22-36-17-8-11-25-9-6-5-7-10-25/h5-7,9-10,12-16,18-21,23,36H,8,11,17,22H2,1-4H3. The summed E-state index contributed by atoms with van der Waals surface area (Å²) in [6.45, 7) is 3.35. The predicted molar refractivity (Wildman–Crippen MR) is 175 cm³/mol. The van der Waals surface area contributed by atoms with Gasteiger partial charge >= 0.3 is 0 Å². The Bertz CT molecular complexity index is 2050. The molecule has 6 rings (SSSR count). The molecule has 0 radical (unpaired) electrons. The minimum atomic E-state index is -4.01. The van der Waals surface area contributed by atoms with Gasteiger partial charge in [-0.05, 0) is 67.8 Å². The van der Waals surface area contributed by atoms with Crippen LogP contribution in [-0.2, 0) is 30.0 Å². The number of benzene rings is 3. The predicted octanol–water partition coefficient (Wildman–Crippen LogP) is 6.48. The molecule has 0 bridgehead atoms. The van der Waals surface area contributed by atoms with E-state index in [9.17, 15) is 8.42 Å². The molecule has 0 amide bonds. The number of hydrogen-bond donors (Lipinski definition) is 1. The van der Waals surface area contributed by atoms with E-state index in [1.165, 1.54) is 9.54 Å². The van der Waals surface area contributed by atoms with Crippen LogP contribution in [0.2, 0.25) is 0 Å². The van der Waals surface area contributed by atoms with Crippen LogP contribution in [0.4, 0.5) is 0 Å². The minimum absolute atomic E-state index is 0.201. The lowest BCUT2D eigenvalue weighted by atomic mass is 10.1. The van der Waals surface area contributed by atoms with Crippen molar-refractivity contribution in [1.82, 2.24) is 18.8 Å². The van der Waals surface area contributed by atoms with Crippen LogP contribution in [0.5, 0.6) is 11.5 Å². The van der Waals surface area contributed by atoms with Crippen LogP contribution >= 0.6 is 0 Å². The molecular weight excluding hydrogens is 572 g/mol. The van der Waals surface area contributed by atoms with Gasteiger partial charge in [-0.1, -0.05) is 48.0 Å². The molecule has 0 unspecified atom stereocenters. The molecular formula is C35H36N4O4S. The smallest absolute Gasteiger partial charge is 0.269 e. The first-order chi connectivity index (χ1) is 21.3. The largest absolute Gasteiger partial charge is 0.493 e. The number of fused-ring (bicyclic) bond motifs is 2. The zero-order valence-electron chi connectivity index (χ0n) is 25.4. The highest BCUT2D eigenvalue weighted by Gasteiger charge is 2.28. The Hall–Kier alpha value is -4.60. The van der Waals surface area contributed by atoms with Crippen molar-refractivity contribution in [2.45, 2.75) is 31.2 Å². The van der Waals surface area contributed by atoms with Gasteiger partial charge in [-0.3, -0.25) is 0 Å². The van der Waals surface area contributed by atoms with Crippen LogP contribution in [0.25, 0.3) is 33.2 Å². The summed E-state index contributed by atoms with van der Waals surface area (Å²) >= 11 is 0. The second kappa shape index (κ2) is 12.2. The third kappa shape index (κ3) is 5.44. The van der Waals surface area contributed by atoms with Gasteiger partial charge in [-0.25, -0.2) is 17.4 Å². The molecule has 0 saturated heterocycles. The third-order valence-corrected chi connectivity index (χ3v) is 9.78. The van der Waals surface area contributed by atoms with E-state index < -0.39 is 10.0 Å². The van der Waals surface area contributed by atoms with Gasteiger partial charge < -0.3 is 19.4 Å². The summed E-state index contributed by atoms with van der Waals surface area (Å²) in [5.74, 6) is 1.16. The van der Waals surface area contributed by atoms with Gasteiger partial charge in [-0.2, -0.15) is 0 Å². The molecule has 44 heavy (non-hydrogen) atoms. The van der Waals surface area contributed by atoms with Gasteiger partial charge in [0.15, 0.2) is 17.1 Å². The van der Waals surface area contributed by atoms with Gasteiger partial charge in [0, 0.05) is 48.4 Å². The second-order valence-corrected chi connectivity index (χ2v) is 12.8. The Morgan fingerprint density at radius 3 is 2.34 bits per heavy atom. The molecule has 3 heterocycles. The summed E-state index contributed by atoms with van der Waals surface area (Å²) in [6, 6.07) is 25.1. The summed E-state index contributed by atoms with van der Waals surface area (Å²) in [4.78, 5) is 4.84. The number of hydrogen-bond acceptors (Lipinski definition) is 6. The first-order valence-corrected chi connectivity index (χ1v) is 16.0. The Balaban J connectivity index is 1.46. The molecule has 3 aromatic carbocycles. The fourth-order valence-electron chi connectivity index (χ4n) is 5.73. The van der Waals surface area contributed by atoms with Crippen LogP contribution in [0.15, 0.2) is 96.2 Å². The van der Waals surface area contributed by atoms with Crippen molar-refractivity contribution in [3.8, 4) is 22.8 Å². The van der Waals surface area contributed by atoms with E-state index in [1.807, 2.05) is 67.2 Å². The number of aromatic nitrogens is 3. The lowest BCUT2D eigenvalue weighted by Gasteiger charge is -2.12. The Labute approximate surface area is 257 Å². The summed E-state index contributed by atoms with van der Waals surface area (Å²) in [5.41, 5.74) is 5.83. The zero-order chi connectivity index (χ0) is 30.8. The SMILES string of the molecule is COc1cc2c(-c3cc4c(CNCCCc5ccccc5)ccnc4n3S(=O)(=O)c3ccc(C)cc3)cn(C)c2cc1OC. The normalized spacial score (nSPS) is 11.8. The molecule has 1 N–H and O–H groups in total. The average molecular weight is 609 g/mol. The summed E-state index contributed by atoms with van der Waals surface area (Å²) < 4.78 is 43.3. The number of aryl methyl sites for hydroxylation is 3. The Morgan fingerprint density at radius 1 is 0.886 bits per heavy atom. The summed E-state index contributed by atoms with van der Waals surface area (Å²) in [6.07, 6.45) is 5.61. The molecule has 0 aliphatic heterocycles. The van der Waals surface area contributed by atoms with Crippen LogP contribution in [0.1, 0.15) is 23.1 Å². The van der Waals surface area contributed by atoms with Gasteiger partial charge in [0.25, 0.3) is 10.0 Å². The molecule has 226 valence electrons. The maximum atomic E-state index is 14.4. The van der Waals surface area contributed by atoms with Crippen molar-refractivity contribution in [1.29, 1.82) is 0 Å². The number of nitrogens with zero attached hydrogens (tertiary/aromatic N) is 3. The van der Waals surface area contributed by atoms with E-state index in [0.717, 1.165) is 52.4 Å². The van der Waals surface area contributed by atoms with Crippen LogP contribution < -0.4 is 14.8 Å². The van der Waals surface area contributed by atoms with Gasteiger partial charge in [0.05, 0.1) is 30.3 Å². The van der Waals surface area contributed by atoms with E-state index in [-0.39, 0.29) is 4.90 Å². The molecule has 0 spiro atoms. The van der Waals surface area contributed by atoms with Crippen molar-refractivity contribution >= 4 is 32.0 Å². The number of nitrogens with one attached hydrogen (secondary N) is 1. The van der Waals surface area contributed by atoms with Gasteiger partial charge in [0.2, 0.25) is 0 Å². The van der Waals surface area contributed by atoms with E-state index >= 15 is 0 Å². The molecule has 0 saturated carbocycles. The van der Waals surface area contributed by atoms with E-state index in [2.05, 4.69) is 34.6 Å². The molecule has 9 heteroatoms. The van der Waals surface area contributed by atoms with Crippen LogP contribution in [-0.4, -0.2) is 42.7 Å². The van der Waals surface area contributed by atoms with Gasteiger partial charge in [-0.15, -0.1) is 0 Å². The van der Waals surface area contributed by atoms with Crippen molar-refractivity contribution in [3.63, 3.8) is 0 Å². The third-order valence-electron chi connectivity index (χ3n) is 8.06. The first-order valence-electron chi connectivity index (χ1n) is 14.6. The topological polar surface area (TPSA) is 87.4 Å². The number of methoxy groups -OCH3 is 2. The highest BCUT2D eigenvalue weighted by Crippen LogP contribution is 2.41. The molecule has 6 aromatic rings. The van der Waals surface area contributed by atoms with Crippen molar-refractivity contribution in [3.05, 3.63) is 108 Å². The van der Waals surface area contributed by atoms with Crippen LogP contribution in [0, 0.1) is 6.92 Å². The molecule has 0 fully saturated rings. The highest BCUT2D eigenvalue weighted by atomic mass is 32.2. The van der Waals surface area contributed by atoms with E-state index in [4.69, 9.17) is 9.47 Å². The van der Waals surface area contributed by atoms with Crippen LogP contribution in [0.3, 0.4) is 0 Å². The Morgan fingerprint density at radius 2 is 1.61 bits per heavy atom. The second-order valence-electron chi connectivity index (χ2n) is 11.0. The number of rotatable bonds is 11. The molecule has 0 aliphatic carbocycles. The van der Waals surface area contributed by atoms with Crippen molar-refractivity contribution in [2.75, 3.05) is 20.8 Å². The van der Waals surface area contributed by atoms with Crippen molar-refractivity contribution < 1.29 is 17.9 Å². The number of pyridine rings is 1. The highest BCUT2D eigenvalue weighted by molar-refractivity contribution is 7.90.